The predicted octanol–water partition coefficient (Wildman–Crippen LogP) is 2.96. The molecule has 92 valence electrons. The minimum absolute atomic E-state index is 0.132. The van der Waals surface area contributed by atoms with Gasteiger partial charge < -0.3 is 5.73 Å². The standard InChI is InChI=1S/C13H25N3/c1-6-12(14)13-10(4)15-16(11(13)5)8-7-9(2)3/h9,12H,6-8,14H2,1-5H3. The highest BCUT2D eigenvalue weighted by Gasteiger charge is 2.16. The Morgan fingerprint density at radius 1 is 1.31 bits per heavy atom. The molecule has 0 spiro atoms. The van der Waals surface area contributed by atoms with Crippen molar-refractivity contribution in [2.75, 3.05) is 0 Å². The van der Waals surface area contributed by atoms with Gasteiger partial charge in [-0.1, -0.05) is 20.8 Å². The molecule has 1 rings (SSSR count). The van der Waals surface area contributed by atoms with E-state index >= 15 is 0 Å². The number of nitrogens with zero attached hydrogens (tertiary/aromatic N) is 2. The molecule has 16 heavy (non-hydrogen) atoms. The van der Waals surface area contributed by atoms with Crippen LogP contribution in [0.15, 0.2) is 0 Å². The minimum Gasteiger partial charge on any atom is -0.324 e. The molecule has 0 fully saturated rings. The Kier molecular flexibility index (Phi) is 4.54. The summed E-state index contributed by atoms with van der Waals surface area (Å²) in [7, 11) is 0. The SMILES string of the molecule is CCC(N)c1c(C)nn(CCC(C)C)c1C. The van der Waals surface area contributed by atoms with Gasteiger partial charge in [-0.2, -0.15) is 5.10 Å². The van der Waals surface area contributed by atoms with Gasteiger partial charge in [-0.25, -0.2) is 0 Å². The molecule has 3 nitrogen and oxygen atoms in total. The Balaban J connectivity index is 2.88. The third-order valence-corrected chi connectivity index (χ3v) is 3.17. The number of hydrogen-bond donors (Lipinski definition) is 1. The van der Waals surface area contributed by atoms with Gasteiger partial charge >= 0.3 is 0 Å². The largest absolute Gasteiger partial charge is 0.324 e. The summed E-state index contributed by atoms with van der Waals surface area (Å²) in [5.74, 6) is 0.715. The lowest BCUT2D eigenvalue weighted by atomic mass is 10.0. The van der Waals surface area contributed by atoms with Gasteiger partial charge in [-0.05, 0) is 32.6 Å². The number of aromatic nitrogens is 2. The van der Waals surface area contributed by atoms with Crippen molar-refractivity contribution < 1.29 is 0 Å². The molecular formula is C13H25N3. The zero-order valence-corrected chi connectivity index (χ0v) is 11.2. The Bertz CT molecular complexity index is 339. The number of nitrogens with two attached hydrogens (primary N) is 1. The molecule has 0 aromatic carbocycles. The Hall–Kier alpha value is -0.830. The van der Waals surface area contributed by atoms with Gasteiger partial charge in [0, 0.05) is 23.8 Å². The first-order valence-electron chi connectivity index (χ1n) is 6.26. The summed E-state index contributed by atoms with van der Waals surface area (Å²) in [4.78, 5) is 0. The van der Waals surface area contributed by atoms with Crippen LogP contribution in [-0.4, -0.2) is 9.78 Å². The molecule has 0 aliphatic rings. The second-order valence-corrected chi connectivity index (χ2v) is 5.00. The third-order valence-electron chi connectivity index (χ3n) is 3.17. The predicted molar refractivity (Wildman–Crippen MR) is 68.4 cm³/mol. The summed E-state index contributed by atoms with van der Waals surface area (Å²) in [5, 5.41) is 4.59. The summed E-state index contributed by atoms with van der Waals surface area (Å²) in [6, 6.07) is 0.132. The summed E-state index contributed by atoms with van der Waals surface area (Å²) in [6.45, 7) is 11.8. The topological polar surface area (TPSA) is 43.8 Å². The molecule has 1 aromatic rings. The molecule has 0 radical (unpaired) electrons. The van der Waals surface area contributed by atoms with Crippen molar-refractivity contribution >= 4 is 0 Å². The molecule has 0 aliphatic carbocycles. The van der Waals surface area contributed by atoms with E-state index in [2.05, 4.69) is 44.4 Å². The zero-order valence-electron chi connectivity index (χ0n) is 11.2. The van der Waals surface area contributed by atoms with Gasteiger partial charge in [0.05, 0.1) is 5.69 Å². The van der Waals surface area contributed by atoms with Crippen LogP contribution in [0.1, 0.15) is 56.6 Å². The Morgan fingerprint density at radius 3 is 2.44 bits per heavy atom. The monoisotopic (exact) mass is 223 g/mol. The van der Waals surface area contributed by atoms with Crippen molar-refractivity contribution in [1.29, 1.82) is 0 Å². The number of hydrogen-bond acceptors (Lipinski definition) is 2. The minimum atomic E-state index is 0.132. The lowest BCUT2D eigenvalue weighted by Gasteiger charge is -2.10. The quantitative estimate of drug-likeness (QED) is 0.834. The van der Waals surface area contributed by atoms with E-state index in [-0.39, 0.29) is 6.04 Å². The van der Waals surface area contributed by atoms with Gasteiger partial charge in [0.2, 0.25) is 0 Å². The molecule has 0 amide bonds. The van der Waals surface area contributed by atoms with Gasteiger partial charge in [-0.3, -0.25) is 4.68 Å². The highest BCUT2D eigenvalue weighted by atomic mass is 15.3. The summed E-state index contributed by atoms with van der Waals surface area (Å²) < 4.78 is 2.11. The van der Waals surface area contributed by atoms with Crippen LogP contribution in [0.2, 0.25) is 0 Å². The van der Waals surface area contributed by atoms with Crippen molar-refractivity contribution in [3.05, 3.63) is 17.0 Å². The number of rotatable bonds is 5. The van der Waals surface area contributed by atoms with Gasteiger partial charge in [-0.15, -0.1) is 0 Å². The lowest BCUT2D eigenvalue weighted by molar-refractivity contribution is 0.478. The van der Waals surface area contributed by atoms with Crippen molar-refractivity contribution in [1.82, 2.24) is 9.78 Å². The van der Waals surface area contributed by atoms with Gasteiger partial charge in [0.25, 0.3) is 0 Å². The van der Waals surface area contributed by atoms with Crippen molar-refractivity contribution in [3.63, 3.8) is 0 Å². The Morgan fingerprint density at radius 2 is 1.94 bits per heavy atom. The molecule has 0 saturated heterocycles. The Labute approximate surface area is 99.0 Å². The molecule has 0 saturated carbocycles. The second kappa shape index (κ2) is 5.48. The van der Waals surface area contributed by atoms with Crippen molar-refractivity contribution in [2.45, 2.75) is 60.0 Å². The molecule has 3 heteroatoms. The summed E-state index contributed by atoms with van der Waals surface area (Å²) >= 11 is 0. The van der Waals surface area contributed by atoms with Gasteiger partial charge in [0.1, 0.15) is 0 Å². The maximum atomic E-state index is 6.11. The molecule has 1 heterocycles. The third kappa shape index (κ3) is 2.85. The first kappa shape index (κ1) is 13.2. The van der Waals surface area contributed by atoms with Crippen LogP contribution < -0.4 is 5.73 Å². The van der Waals surface area contributed by atoms with E-state index in [0.717, 1.165) is 18.7 Å². The lowest BCUT2D eigenvalue weighted by Crippen LogP contribution is -2.11. The normalized spacial score (nSPS) is 13.4. The molecular weight excluding hydrogens is 198 g/mol. The molecule has 1 aromatic heterocycles. The average Bonchev–Trinajstić information content (AvgIpc) is 2.50. The fourth-order valence-electron chi connectivity index (χ4n) is 2.05. The van der Waals surface area contributed by atoms with E-state index in [1.807, 2.05) is 0 Å². The fourth-order valence-corrected chi connectivity index (χ4v) is 2.05. The van der Waals surface area contributed by atoms with E-state index in [1.165, 1.54) is 17.7 Å². The second-order valence-electron chi connectivity index (χ2n) is 5.00. The highest BCUT2D eigenvalue weighted by Crippen LogP contribution is 2.22. The van der Waals surface area contributed by atoms with Crippen LogP contribution in [-0.2, 0) is 6.54 Å². The van der Waals surface area contributed by atoms with Crippen LogP contribution in [0.4, 0.5) is 0 Å². The molecule has 0 bridgehead atoms. The molecule has 0 aliphatic heterocycles. The molecule has 2 N–H and O–H groups in total. The summed E-state index contributed by atoms with van der Waals surface area (Å²) in [6.07, 6.45) is 2.14. The van der Waals surface area contributed by atoms with Crippen molar-refractivity contribution in [2.24, 2.45) is 11.7 Å². The van der Waals surface area contributed by atoms with E-state index in [4.69, 9.17) is 5.73 Å². The van der Waals surface area contributed by atoms with Crippen LogP contribution in [0, 0.1) is 19.8 Å². The van der Waals surface area contributed by atoms with E-state index in [0.29, 0.717) is 5.92 Å². The van der Waals surface area contributed by atoms with Crippen LogP contribution in [0.25, 0.3) is 0 Å². The maximum Gasteiger partial charge on any atom is 0.0644 e. The van der Waals surface area contributed by atoms with E-state index in [9.17, 15) is 0 Å². The molecule has 1 unspecified atom stereocenters. The van der Waals surface area contributed by atoms with Crippen molar-refractivity contribution in [3.8, 4) is 0 Å². The maximum absolute atomic E-state index is 6.11. The van der Waals surface area contributed by atoms with Crippen LogP contribution >= 0.6 is 0 Å². The first-order chi connectivity index (χ1) is 7.47. The molecule has 1 atom stereocenters. The smallest absolute Gasteiger partial charge is 0.0644 e. The zero-order chi connectivity index (χ0) is 12.3. The first-order valence-corrected chi connectivity index (χ1v) is 6.26. The van der Waals surface area contributed by atoms with Crippen LogP contribution in [0.5, 0.6) is 0 Å². The average molecular weight is 223 g/mol. The van der Waals surface area contributed by atoms with E-state index < -0.39 is 0 Å². The van der Waals surface area contributed by atoms with Gasteiger partial charge in [0.15, 0.2) is 0 Å². The highest BCUT2D eigenvalue weighted by molar-refractivity contribution is 5.27. The number of aryl methyl sites for hydroxylation is 2. The fraction of sp³-hybridized carbons (Fsp3) is 0.769. The van der Waals surface area contributed by atoms with E-state index in [1.54, 1.807) is 0 Å². The van der Waals surface area contributed by atoms with Crippen LogP contribution in [0.3, 0.4) is 0 Å². The summed E-state index contributed by atoms with van der Waals surface area (Å²) in [5.41, 5.74) is 9.69.